The van der Waals surface area contributed by atoms with E-state index >= 15 is 0 Å². The molecule has 2 rings (SSSR count). The van der Waals surface area contributed by atoms with Crippen LogP contribution in [0.5, 0.6) is 0 Å². The molecule has 0 spiro atoms. The van der Waals surface area contributed by atoms with Crippen molar-refractivity contribution >= 4 is 17.3 Å². The molecule has 0 amide bonds. The number of ether oxygens (including phenoxy) is 1. The van der Waals surface area contributed by atoms with Gasteiger partial charge in [-0.3, -0.25) is 4.79 Å². The number of hydrogen-bond acceptors (Lipinski definition) is 4. The second-order valence-corrected chi connectivity index (χ2v) is 5.35. The van der Waals surface area contributed by atoms with Crippen LogP contribution >= 0.6 is 11.3 Å². The van der Waals surface area contributed by atoms with Gasteiger partial charge in [0.25, 0.3) is 0 Å². The van der Waals surface area contributed by atoms with Gasteiger partial charge in [0.2, 0.25) is 0 Å². The first-order valence-electron chi connectivity index (χ1n) is 6.19. The lowest BCUT2D eigenvalue weighted by molar-refractivity contribution is -0.140. The average molecular weight is 275 g/mol. The summed E-state index contributed by atoms with van der Waals surface area (Å²) >= 11 is 1.63. The second-order valence-electron chi connectivity index (χ2n) is 4.49. The van der Waals surface area contributed by atoms with E-state index in [1.54, 1.807) is 11.3 Å². The number of nitrogens with zero attached hydrogens (tertiary/aromatic N) is 1. The summed E-state index contributed by atoms with van der Waals surface area (Å²) < 4.78 is 4.64. The summed E-state index contributed by atoms with van der Waals surface area (Å²) in [5, 5.41) is 3.04. The molecule has 1 heterocycles. The standard InChI is InChI=1S/C15H17NO2S/c1-10-5-4-6-11(2)14(10)15-16-12(9-19-15)7-8-13(17)18-3/h4-6,9H,7-8H2,1-3H3. The molecule has 0 fully saturated rings. The number of aromatic nitrogens is 1. The zero-order chi connectivity index (χ0) is 13.8. The van der Waals surface area contributed by atoms with Crippen LogP contribution in [0.3, 0.4) is 0 Å². The third-order valence-electron chi connectivity index (χ3n) is 3.06. The number of hydrogen-bond donors (Lipinski definition) is 0. The number of carbonyl (C=O) groups is 1. The Labute approximate surface area is 117 Å². The molecule has 3 nitrogen and oxygen atoms in total. The topological polar surface area (TPSA) is 39.2 Å². The number of methoxy groups -OCH3 is 1. The average Bonchev–Trinajstić information content (AvgIpc) is 2.84. The van der Waals surface area contributed by atoms with E-state index in [0.29, 0.717) is 12.8 Å². The van der Waals surface area contributed by atoms with Crippen LogP contribution in [0.1, 0.15) is 23.2 Å². The van der Waals surface area contributed by atoms with Crippen molar-refractivity contribution in [2.45, 2.75) is 26.7 Å². The lowest BCUT2D eigenvalue weighted by atomic mass is 10.0. The summed E-state index contributed by atoms with van der Waals surface area (Å²) in [7, 11) is 1.41. The van der Waals surface area contributed by atoms with Crippen molar-refractivity contribution < 1.29 is 9.53 Å². The highest BCUT2D eigenvalue weighted by atomic mass is 32.1. The summed E-state index contributed by atoms with van der Waals surface area (Å²) in [6.45, 7) is 4.19. The Kier molecular flexibility index (Phi) is 4.32. The minimum atomic E-state index is -0.193. The quantitative estimate of drug-likeness (QED) is 0.801. The number of thiazole rings is 1. The molecule has 0 N–H and O–H groups in total. The Bertz CT molecular complexity index is 569. The predicted octanol–water partition coefficient (Wildman–Crippen LogP) is 3.53. The predicted molar refractivity (Wildman–Crippen MR) is 77.4 cm³/mol. The smallest absolute Gasteiger partial charge is 0.305 e. The van der Waals surface area contributed by atoms with Crippen LogP contribution in [0.4, 0.5) is 0 Å². The van der Waals surface area contributed by atoms with E-state index < -0.39 is 0 Å². The van der Waals surface area contributed by atoms with E-state index in [2.05, 4.69) is 41.8 Å². The zero-order valence-corrected chi connectivity index (χ0v) is 12.2. The molecule has 0 bridgehead atoms. The van der Waals surface area contributed by atoms with Crippen molar-refractivity contribution in [1.29, 1.82) is 0 Å². The van der Waals surface area contributed by atoms with E-state index in [1.807, 2.05) is 5.38 Å². The molecule has 0 aliphatic carbocycles. The maximum atomic E-state index is 11.1. The maximum Gasteiger partial charge on any atom is 0.305 e. The van der Waals surface area contributed by atoms with Gasteiger partial charge >= 0.3 is 5.97 Å². The molecule has 1 aromatic heterocycles. The first kappa shape index (κ1) is 13.7. The fourth-order valence-corrected chi connectivity index (χ4v) is 3.05. The molecule has 4 heteroatoms. The molecule has 0 aliphatic heterocycles. The van der Waals surface area contributed by atoms with Crippen LogP contribution in [-0.4, -0.2) is 18.1 Å². The van der Waals surface area contributed by atoms with Crippen molar-refractivity contribution in [3.63, 3.8) is 0 Å². The van der Waals surface area contributed by atoms with Crippen molar-refractivity contribution in [3.8, 4) is 10.6 Å². The molecule has 1 aromatic carbocycles. The molecular formula is C15H17NO2S. The van der Waals surface area contributed by atoms with Gasteiger partial charge in [-0.25, -0.2) is 4.98 Å². The Morgan fingerprint density at radius 2 is 2.00 bits per heavy atom. The van der Waals surface area contributed by atoms with Crippen LogP contribution < -0.4 is 0 Å². The van der Waals surface area contributed by atoms with Gasteiger partial charge in [-0.2, -0.15) is 0 Å². The van der Waals surface area contributed by atoms with Gasteiger partial charge < -0.3 is 4.74 Å². The van der Waals surface area contributed by atoms with Crippen LogP contribution in [0.25, 0.3) is 10.6 Å². The Balaban J connectivity index is 2.19. The number of rotatable bonds is 4. The van der Waals surface area contributed by atoms with Crippen LogP contribution in [0, 0.1) is 13.8 Å². The van der Waals surface area contributed by atoms with Gasteiger partial charge in [-0.15, -0.1) is 11.3 Å². The number of carbonyl (C=O) groups excluding carboxylic acids is 1. The van der Waals surface area contributed by atoms with E-state index in [4.69, 9.17) is 0 Å². The van der Waals surface area contributed by atoms with Crippen molar-refractivity contribution in [3.05, 3.63) is 40.4 Å². The van der Waals surface area contributed by atoms with Gasteiger partial charge in [0.15, 0.2) is 0 Å². The molecule has 2 aromatic rings. The molecule has 0 atom stereocenters. The summed E-state index contributed by atoms with van der Waals surface area (Å²) in [5.41, 5.74) is 4.62. The highest BCUT2D eigenvalue weighted by Gasteiger charge is 2.11. The van der Waals surface area contributed by atoms with Crippen molar-refractivity contribution in [1.82, 2.24) is 4.98 Å². The third-order valence-corrected chi connectivity index (χ3v) is 3.97. The fraction of sp³-hybridized carbons (Fsp3) is 0.333. The lowest BCUT2D eigenvalue weighted by Gasteiger charge is -2.05. The number of esters is 1. The maximum absolute atomic E-state index is 11.1. The molecule has 0 saturated carbocycles. The highest BCUT2D eigenvalue weighted by Crippen LogP contribution is 2.30. The summed E-state index contributed by atoms with van der Waals surface area (Å²) in [5.74, 6) is -0.193. The van der Waals surface area contributed by atoms with Crippen molar-refractivity contribution in [2.75, 3.05) is 7.11 Å². The summed E-state index contributed by atoms with van der Waals surface area (Å²) in [6, 6.07) is 6.25. The largest absolute Gasteiger partial charge is 0.469 e. The molecule has 0 saturated heterocycles. The summed E-state index contributed by atoms with van der Waals surface area (Å²) in [6.07, 6.45) is 1.01. The molecule has 100 valence electrons. The Morgan fingerprint density at radius 3 is 2.63 bits per heavy atom. The lowest BCUT2D eigenvalue weighted by Crippen LogP contribution is -2.02. The fourth-order valence-electron chi connectivity index (χ4n) is 2.02. The van der Waals surface area contributed by atoms with Gasteiger partial charge in [0, 0.05) is 17.4 Å². The minimum Gasteiger partial charge on any atom is -0.469 e. The number of aryl methyl sites for hydroxylation is 3. The van der Waals surface area contributed by atoms with Gasteiger partial charge in [0.05, 0.1) is 19.2 Å². The molecule has 0 aliphatic rings. The zero-order valence-electron chi connectivity index (χ0n) is 11.4. The normalized spacial score (nSPS) is 10.5. The van der Waals surface area contributed by atoms with Crippen molar-refractivity contribution in [2.24, 2.45) is 0 Å². The molecular weight excluding hydrogens is 258 g/mol. The number of benzene rings is 1. The van der Waals surface area contributed by atoms with Crippen LogP contribution in [0.2, 0.25) is 0 Å². The molecule has 0 unspecified atom stereocenters. The SMILES string of the molecule is COC(=O)CCc1csc(-c2c(C)cccc2C)n1. The summed E-state index contributed by atoms with van der Waals surface area (Å²) in [4.78, 5) is 15.7. The minimum absolute atomic E-state index is 0.193. The van der Waals surface area contributed by atoms with Gasteiger partial charge in [-0.1, -0.05) is 18.2 Å². The Hall–Kier alpha value is -1.68. The monoisotopic (exact) mass is 275 g/mol. The highest BCUT2D eigenvalue weighted by molar-refractivity contribution is 7.13. The third kappa shape index (κ3) is 3.20. The Morgan fingerprint density at radius 1 is 1.32 bits per heavy atom. The molecule has 19 heavy (non-hydrogen) atoms. The van der Waals surface area contributed by atoms with E-state index in [9.17, 15) is 4.79 Å². The van der Waals surface area contributed by atoms with E-state index in [1.165, 1.54) is 23.8 Å². The second kappa shape index (κ2) is 5.97. The van der Waals surface area contributed by atoms with Gasteiger partial charge in [0.1, 0.15) is 5.01 Å². The van der Waals surface area contributed by atoms with E-state index in [-0.39, 0.29) is 5.97 Å². The van der Waals surface area contributed by atoms with Crippen LogP contribution in [-0.2, 0) is 16.0 Å². The van der Waals surface area contributed by atoms with Gasteiger partial charge in [-0.05, 0) is 25.0 Å². The molecule has 0 radical (unpaired) electrons. The van der Waals surface area contributed by atoms with Crippen LogP contribution in [0.15, 0.2) is 23.6 Å². The first-order valence-corrected chi connectivity index (χ1v) is 7.07. The van der Waals surface area contributed by atoms with E-state index in [0.717, 1.165) is 10.7 Å². The first-order chi connectivity index (χ1) is 9.11.